The summed E-state index contributed by atoms with van der Waals surface area (Å²) in [5.41, 5.74) is 3.62. The number of anilines is 1. The number of fused-ring (bicyclic) bond motifs is 2. The minimum absolute atomic E-state index is 0.00181. The normalized spacial score (nSPS) is 13.3. The number of hydrogen-bond acceptors (Lipinski definition) is 5. The van der Waals surface area contributed by atoms with Crippen LogP contribution in [0.3, 0.4) is 0 Å². The molecule has 190 valence electrons. The molecule has 2 aromatic carbocycles. The molecule has 0 spiro atoms. The fourth-order valence-corrected chi connectivity index (χ4v) is 4.41. The van der Waals surface area contributed by atoms with Crippen molar-refractivity contribution in [1.29, 1.82) is 0 Å². The minimum Gasteiger partial charge on any atom is -0.453 e. The molecular weight excluding hydrogens is 473 g/mol. The van der Waals surface area contributed by atoms with Crippen molar-refractivity contribution in [3.63, 3.8) is 0 Å². The van der Waals surface area contributed by atoms with Crippen LogP contribution < -0.4 is 15.4 Å². The van der Waals surface area contributed by atoms with Gasteiger partial charge in [0, 0.05) is 29.9 Å². The SMILES string of the molecule is Cc1cc(CC(=O)Nc2cnn(C(C)(C)C)c2)cc(F)c1Oc1ccnc2cc3c(cc12)C(=O)NCC3. The summed E-state index contributed by atoms with van der Waals surface area (Å²) >= 11 is 0. The number of nitrogens with zero attached hydrogens (tertiary/aromatic N) is 3. The van der Waals surface area contributed by atoms with Crippen molar-refractivity contribution < 1.29 is 18.7 Å². The maximum absolute atomic E-state index is 15.2. The Morgan fingerprint density at radius 2 is 2.05 bits per heavy atom. The fraction of sp³-hybridized carbons (Fsp3) is 0.286. The first-order valence-electron chi connectivity index (χ1n) is 12.1. The minimum atomic E-state index is -0.580. The third-order valence-corrected chi connectivity index (χ3v) is 6.27. The van der Waals surface area contributed by atoms with Gasteiger partial charge < -0.3 is 15.4 Å². The average Bonchev–Trinajstić information content (AvgIpc) is 3.30. The number of rotatable bonds is 5. The number of carbonyl (C=O) groups excluding carboxylic acids is 2. The summed E-state index contributed by atoms with van der Waals surface area (Å²) in [5, 5.41) is 10.5. The van der Waals surface area contributed by atoms with E-state index in [1.165, 1.54) is 6.07 Å². The van der Waals surface area contributed by atoms with Gasteiger partial charge in [-0.2, -0.15) is 5.10 Å². The van der Waals surface area contributed by atoms with Gasteiger partial charge in [-0.05, 0) is 75.1 Å². The first-order valence-corrected chi connectivity index (χ1v) is 12.1. The summed E-state index contributed by atoms with van der Waals surface area (Å²) in [6.45, 7) is 8.36. The van der Waals surface area contributed by atoms with Crippen LogP contribution in [-0.4, -0.2) is 33.1 Å². The van der Waals surface area contributed by atoms with Crippen LogP contribution in [0.15, 0.2) is 48.9 Å². The van der Waals surface area contributed by atoms with Crippen molar-refractivity contribution in [3.05, 3.63) is 77.0 Å². The van der Waals surface area contributed by atoms with E-state index >= 15 is 4.39 Å². The zero-order valence-corrected chi connectivity index (χ0v) is 21.2. The smallest absolute Gasteiger partial charge is 0.251 e. The Labute approximate surface area is 213 Å². The van der Waals surface area contributed by atoms with Crippen molar-refractivity contribution in [2.45, 2.75) is 46.1 Å². The van der Waals surface area contributed by atoms with E-state index in [0.717, 1.165) is 12.0 Å². The Balaban J connectivity index is 1.36. The fourth-order valence-electron chi connectivity index (χ4n) is 4.41. The Kier molecular flexibility index (Phi) is 6.15. The molecule has 0 fully saturated rings. The zero-order chi connectivity index (χ0) is 26.3. The van der Waals surface area contributed by atoms with E-state index in [0.29, 0.717) is 45.6 Å². The molecule has 9 heteroatoms. The van der Waals surface area contributed by atoms with Gasteiger partial charge in [0.2, 0.25) is 5.91 Å². The largest absolute Gasteiger partial charge is 0.453 e. The summed E-state index contributed by atoms with van der Waals surface area (Å²) < 4.78 is 23.0. The summed E-state index contributed by atoms with van der Waals surface area (Å²) in [4.78, 5) is 29.3. The van der Waals surface area contributed by atoms with Crippen LogP contribution in [0.5, 0.6) is 11.5 Å². The van der Waals surface area contributed by atoms with E-state index < -0.39 is 5.82 Å². The number of pyridine rings is 1. The predicted octanol–water partition coefficient (Wildman–Crippen LogP) is 4.89. The van der Waals surface area contributed by atoms with Gasteiger partial charge in [-0.1, -0.05) is 6.07 Å². The van der Waals surface area contributed by atoms with E-state index in [1.54, 1.807) is 48.4 Å². The third kappa shape index (κ3) is 5.02. The quantitative estimate of drug-likeness (QED) is 0.406. The van der Waals surface area contributed by atoms with E-state index in [4.69, 9.17) is 4.74 Å². The Hall–Kier alpha value is -4.27. The molecule has 2 N–H and O–H groups in total. The number of ether oxygens (including phenoxy) is 1. The summed E-state index contributed by atoms with van der Waals surface area (Å²) in [5.74, 6) is -0.540. The lowest BCUT2D eigenvalue weighted by Crippen LogP contribution is -2.31. The standard InChI is InChI=1S/C28H28FN5O3/c1-16-9-17(11-25(35)33-19-14-32-34(15-19)28(2,3)4)10-22(29)26(16)37-24-6-8-30-23-12-18-5-7-31-27(36)20(18)13-21(23)24/h6,8-10,12-15H,5,7,11H2,1-4H3,(H,31,36)(H,33,35). The molecule has 0 atom stereocenters. The number of benzene rings is 2. The Morgan fingerprint density at radius 3 is 2.78 bits per heavy atom. The molecule has 3 heterocycles. The van der Waals surface area contributed by atoms with Gasteiger partial charge >= 0.3 is 0 Å². The number of hydrogen-bond donors (Lipinski definition) is 2. The lowest BCUT2D eigenvalue weighted by atomic mass is 9.97. The van der Waals surface area contributed by atoms with Crippen molar-refractivity contribution in [1.82, 2.24) is 20.1 Å². The molecule has 1 aliphatic rings. The molecule has 2 amide bonds. The lowest BCUT2D eigenvalue weighted by Gasteiger charge is -2.18. The molecule has 1 aliphatic heterocycles. The highest BCUT2D eigenvalue weighted by molar-refractivity contribution is 6.01. The van der Waals surface area contributed by atoms with Gasteiger partial charge in [-0.25, -0.2) is 4.39 Å². The van der Waals surface area contributed by atoms with Gasteiger partial charge in [-0.15, -0.1) is 0 Å². The highest BCUT2D eigenvalue weighted by atomic mass is 19.1. The Morgan fingerprint density at radius 1 is 1.24 bits per heavy atom. The predicted molar refractivity (Wildman–Crippen MR) is 139 cm³/mol. The van der Waals surface area contributed by atoms with Crippen LogP contribution in [0.2, 0.25) is 0 Å². The van der Waals surface area contributed by atoms with E-state index in [9.17, 15) is 9.59 Å². The molecule has 0 unspecified atom stereocenters. The second kappa shape index (κ2) is 9.31. The van der Waals surface area contributed by atoms with Gasteiger partial charge in [0.15, 0.2) is 11.6 Å². The molecule has 37 heavy (non-hydrogen) atoms. The van der Waals surface area contributed by atoms with Gasteiger partial charge in [0.25, 0.3) is 5.91 Å². The zero-order valence-electron chi connectivity index (χ0n) is 21.2. The molecule has 2 aromatic heterocycles. The monoisotopic (exact) mass is 501 g/mol. The summed E-state index contributed by atoms with van der Waals surface area (Å²) in [6.07, 6.45) is 5.68. The second-order valence-electron chi connectivity index (χ2n) is 10.2. The molecule has 5 rings (SSSR count). The number of aryl methyl sites for hydroxylation is 1. The van der Waals surface area contributed by atoms with Crippen LogP contribution in [0.25, 0.3) is 10.9 Å². The van der Waals surface area contributed by atoms with Gasteiger partial charge in [0.1, 0.15) is 5.75 Å². The van der Waals surface area contributed by atoms with Crippen molar-refractivity contribution in [3.8, 4) is 11.5 Å². The van der Waals surface area contributed by atoms with Crippen LogP contribution in [0.4, 0.5) is 10.1 Å². The molecule has 0 radical (unpaired) electrons. The third-order valence-electron chi connectivity index (χ3n) is 6.27. The van der Waals surface area contributed by atoms with Gasteiger partial charge in [0.05, 0.1) is 29.4 Å². The first kappa shape index (κ1) is 24.4. The van der Waals surface area contributed by atoms with Crippen molar-refractivity contribution in [2.75, 3.05) is 11.9 Å². The molecular formula is C28H28FN5O3. The number of amides is 2. The van der Waals surface area contributed by atoms with Crippen LogP contribution in [0.1, 0.15) is 47.8 Å². The number of nitrogens with one attached hydrogen (secondary N) is 2. The maximum Gasteiger partial charge on any atom is 0.251 e. The lowest BCUT2D eigenvalue weighted by molar-refractivity contribution is -0.115. The van der Waals surface area contributed by atoms with Crippen LogP contribution in [0, 0.1) is 12.7 Å². The highest BCUT2D eigenvalue weighted by Gasteiger charge is 2.20. The summed E-state index contributed by atoms with van der Waals surface area (Å²) in [7, 11) is 0. The molecule has 0 saturated carbocycles. The van der Waals surface area contributed by atoms with Crippen LogP contribution in [-0.2, 0) is 23.2 Å². The average molecular weight is 502 g/mol. The van der Waals surface area contributed by atoms with Gasteiger partial charge in [-0.3, -0.25) is 19.3 Å². The molecule has 8 nitrogen and oxygen atoms in total. The van der Waals surface area contributed by atoms with Crippen molar-refractivity contribution >= 4 is 28.4 Å². The van der Waals surface area contributed by atoms with E-state index in [1.807, 2.05) is 26.8 Å². The van der Waals surface area contributed by atoms with E-state index in [2.05, 4.69) is 20.7 Å². The summed E-state index contributed by atoms with van der Waals surface area (Å²) in [6, 6.07) is 8.31. The van der Waals surface area contributed by atoms with Crippen molar-refractivity contribution in [2.24, 2.45) is 0 Å². The molecule has 0 aliphatic carbocycles. The Bertz CT molecular complexity index is 1510. The van der Waals surface area contributed by atoms with Crippen LogP contribution >= 0.6 is 0 Å². The molecule has 4 aromatic rings. The molecule has 0 bridgehead atoms. The maximum atomic E-state index is 15.2. The second-order valence-corrected chi connectivity index (χ2v) is 10.2. The number of aromatic nitrogens is 3. The highest BCUT2D eigenvalue weighted by Crippen LogP contribution is 2.35. The van der Waals surface area contributed by atoms with E-state index in [-0.39, 0.29) is 29.5 Å². The number of carbonyl (C=O) groups is 2. The first-order chi connectivity index (χ1) is 17.6. The number of halogens is 1. The molecule has 0 saturated heterocycles. The topological polar surface area (TPSA) is 98.1 Å².